The maximum Gasteiger partial charge on any atom is 0.233 e. The van der Waals surface area contributed by atoms with Crippen molar-refractivity contribution in [1.29, 1.82) is 0 Å². The van der Waals surface area contributed by atoms with Gasteiger partial charge in [-0.15, -0.1) is 0 Å². The van der Waals surface area contributed by atoms with Gasteiger partial charge in [0.2, 0.25) is 17.7 Å². The van der Waals surface area contributed by atoms with Gasteiger partial charge in [0.1, 0.15) is 5.60 Å². The predicted octanol–water partition coefficient (Wildman–Crippen LogP) is 2.23. The van der Waals surface area contributed by atoms with Crippen LogP contribution in [0.4, 0.5) is 0 Å². The van der Waals surface area contributed by atoms with E-state index in [2.05, 4.69) is 5.32 Å². The van der Waals surface area contributed by atoms with E-state index in [1.54, 1.807) is 31.2 Å². The van der Waals surface area contributed by atoms with Crippen LogP contribution in [0, 0.1) is 11.8 Å². The molecule has 3 amide bonds. The number of carbonyl (C=O) groups is 3. The molecule has 0 aromatic heterocycles. The lowest BCUT2D eigenvalue weighted by molar-refractivity contribution is -0.140. The first-order valence-corrected chi connectivity index (χ1v) is 9.78. The van der Waals surface area contributed by atoms with Crippen LogP contribution in [0.25, 0.3) is 0 Å². The lowest BCUT2D eigenvalue weighted by Gasteiger charge is -2.24. The SMILES string of the molecule is C[C@](O)(CNC(=O)CCN1C(=O)[C@@H]2CCCC[C@H]2C1=O)c1cccc(Cl)c1. The van der Waals surface area contributed by atoms with Gasteiger partial charge in [0, 0.05) is 18.0 Å². The van der Waals surface area contributed by atoms with Gasteiger partial charge in [0.25, 0.3) is 0 Å². The summed E-state index contributed by atoms with van der Waals surface area (Å²) in [4.78, 5) is 38.3. The van der Waals surface area contributed by atoms with Crippen LogP contribution in [0.2, 0.25) is 5.02 Å². The van der Waals surface area contributed by atoms with E-state index in [0.717, 1.165) is 25.7 Å². The molecule has 3 atom stereocenters. The van der Waals surface area contributed by atoms with Crippen molar-refractivity contribution in [3.05, 3.63) is 34.9 Å². The molecule has 0 radical (unpaired) electrons. The lowest BCUT2D eigenvalue weighted by Crippen LogP contribution is -2.40. The van der Waals surface area contributed by atoms with Crippen molar-refractivity contribution in [2.45, 2.75) is 44.6 Å². The summed E-state index contributed by atoms with van der Waals surface area (Å²) in [5, 5.41) is 13.8. The van der Waals surface area contributed by atoms with Crippen LogP contribution >= 0.6 is 11.6 Å². The average Bonchev–Trinajstić information content (AvgIpc) is 2.89. The Kier molecular flexibility index (Phi) is 5.86. The Hall–Kier alpha value is -1.92. The molecular weight excluding hydrogens is 368 g/mol. The molecule has 2 aliphatic rings. The topological polar surface area (TPSA) is 86.7 Å². The Labute approximate surface area is 163 Å². The average molecular weight is 393 g/mol. The van der Waals surface area contributed by atoms with Gasteiger partial charge in [-0.05, 0) is 37.5 Å². The summed E-state index contributed by atoms with van der Waals surface area (Å²) in [6.45, 7) is 1.70. The van der Waals surface area contributed by atoms with Crippen LogP contribution in [-0.2, 0) is 20.0 Å². The number of hydrogen-bond donors (Lipinski definition) is 2. The van der Waals surface area contributed by atoms with Gasteiger partial charge in [-0.3, -0.25) is 19.3 Å². The van der Waals surface area contributed by atoms with Crippen LogP contribution < -0.4 is 5.32 Å². The quantitative estimate of drug-likeness (QED) is 0.727. The molecule has 1 heterocycles. The number of fused-ring (bicyclic) bond motifs is 1. The first-order valence-electron chi connectivity index (χ1n) is 9.40. The molecular formula is C20H25ClN2O4. The maximum absolute atomic E-state index is 12.4. The summed E-state index contributed by atoms with van der Waals surface area (Å²) in [5.74, 6) is -0.977. The van der Waals surface area contributed by atoms with Crippen molar-refractivity contribution >= 4 is 29.3 Å². The lowest BCUT2D eigenvalue weighted by atomic mass is 9.81. The van der Waals surface area contributed by atoms with Crippen LogP contribution in [0.1, 0.15) is 44.6 Å². The van der Waals surface area contributed by atoms with Gasteiger partial charge >= 0.3 is 0 Å². The fourth-order valence-corrected chi connectivity index (χ4v) is 4.14. The second-order valence-corrected chi connectivity index (χ2v) is 8.07. The fourth-order valence-electron chi connectivity index (χ4n) is 3.95. The van der Waals surface area contributed by atoms with Crippen LogP contribution in [0.3, 0.4) is 0 Å². The summed E-state index contributed by atoms with van der Waals surface area (Å²) in [7, 11) is 0. The van der Waals surface area contributed by atoms with E-state index in [4.69, 9.17) is 11.6 Å². The van der Waals surface area contributed by atoms with Gasteiger partial charge in [-0.2, -0.15) is 0 Å². The van der Waals surface area contributed by atoms with E-state index in [-0.39, 0.29) is 49.1 Å². The van der Waals surface area contributed by atoms with Crippen LogP contribution in [-0.4, -0.2) is 40.8 Å². The molecule has 0 unspecified atom stereocenters. The molecule has 146 valence electrons. The fraction of sp³-hybridized carbons (Fsp3) is 0.550. The molecule has 1 aliphatic heterocycles. The molecule has 1 saturated heterocycles. The van der Waals surface area contributed by atoms with Gasteiger partial charge in [0.05, 0.1) is 18.4 Å². The number of nitrogens with zero attached hydrogens (tertiary/aromatic N) is 1. The third kappa shape index (κ3) is 4.33. The number of nitrogens with one attached hydrogen (secondary N) is 1. The monoisotopic (exact) mass is 392 g/mol. The Morgan fingerprint density at radius 1 is 1.26 bits per heavy atom. The number of benzene rings is 1. The first-order chi connectivity index (χ1) is 12.8. The second kappa shape index (κ2) is 7.98. The van der Waals surface area contributed by atoms with E-state index in [1.807, 2.05) is 0 Å². The zero-order valence-electron chi connectivity index (χ0n) is 15.4. The normalized spacial score (nSPS) is 24.5. The van der Waals surface area contributed by atoms with Gasteiger partial charge in [0.15, 0.2) is 0 Å². The highest BCUT2D eigenvalue weighted by Gasteiger charge is 2.47. The number of likely N-dealkylation sites (tertiary alicyclic amines) is 1. The minimum absolute atomic E-state index is 0.0132. The van der Waals surface area contributed by atoms with Crippen molar-refractivity contribution < 1.29 is 19.5 Å². The number of amides is 3. The van der Waals surface area contributed by atoms with E-state index in [9.17, 15) is 19.5 Å². The van der Waals surface area contributed by atoms with Crippen molar-refractivity contribution in [3.63, 3.8) is 0 Å². The molecule has 1 aromatic carbocycles. The summed E-state index contributed by atoms with van der Waals surface area (Å²) in [5.41, 5.74) is -0.668. The molecule has 0 spiro atoms. The maximum atomic E-state index is 12.4. The number of halogens is 1. The summed E-state index contributed by atoms with van der Waals surface area (Å²) < 4.78 is 0. The zero-order chi connectivity index (χ0) is 19.6. The second-order valence-electron chi connectivity index (χ2n) is 7.64. The number of rotatable bonds is 6. The molecule has 27 heavy (non-hydrogen) atoms. The predicted molar refractivity (Wildman–Crippen MR) is 101 cm³/mol. The molecule has 2 N–H and O–H groups in total. The molecule has 7 heteroatoms. The molecule has 1 aliphatic carbocycles. The number of imide groups is 1. The Bertz CT molecular complexity index is 725. The molecule has 1 aromatic rings. The van der Waals surface area contributed by atoms with Crippen LogP contribution in [0.15, 0.2) is 24.3 Å². The zero-order valence-corrected chi connectivity index (χ0v) is 16.2. The molecule has 1 saturated carbocycles. The minimum atomic E-state index is -1.27. The Balaban J connectivity index is 1.51. The van der Waals surface area contributed by atoms with Crippen molar-refractivity contribution in [2.75, 3.05) is 13.1 Å². The molecule has 3 rings (SSSR count). The number of hydrogen-bond acceptors (Lipinski definition) is 4. The summed E-state index contributed by atoms with van der Waals surface area (Å²) >= 11 is 5.95. The van der Waals surface area contributed by atoms with E-state index < -0.39 is 5.60 Å². The standard InChI is InChI=1S/C20H25ClN2O4/c1-20(27,13-5-4-6-14(21)11-13)12-22-17(24)9-10-23-18(25)15-7-2-3-8-16(15)19(23)26/h4-6,11,15-16,27H,2-3,7-10,12H2,1H3,(H,22,24)/t15-,16-,20+/m1/s1. The van der Waals surface area contributed by atoms with Crippen LogP contribution in [0.5, 0.6) is 0 Å². The molecule has 2 fully saturated rings. The summed E-state index contributed by atoms with van der Waals surface area (Å²) in [6.07, 6.45) is 3.52. The van der Waals surface area contributed by atoms with E-state index >= 15 is 0 Å². The highest BCUT2D eigenvalue weighted by Crippen LogP contribution is 2.37. The molecule has 6 nitrogen and oxygen atoms in total. The van der Waals surface area contributed by atoms with E-state index in [0.29, 0.717) is 10.6 Å². The van der Waals surface area contributed by atoms with Gasteiger partial charge < -0.3 is 10.4 Å². The minimum Gasteiger partial charge on any atom is -0.384 e. The van der Waals surface area contributed by atoms with Gasteiger partial charge in [-0.1, -0.05) is 36.6 Å². The van der Waals surface area contributed by atoms with Crippen molar-refractivity contribution in [2.24, 2.45) is 11.8 Å². The Morgan fingerprint density at radius 2 is 1.89 bits per heavy atom. The largest absolute Gasteiger partial charge is 0.384 e. The third-order valence-electron chi connectivity index (χ3n) is 5.57. The van der Waals surface area contributed by atoms with Crippen molar-refractivity contribution in [1.82, 2.24) is 10.2 Å². The first kappa shape index (κ1) is 19.8. The highest BCUT2D eigenvalue weighted by atomic mass is 35.5. The smallest absolute Gasteiger partial charge is 0.233 e. The molecule has 0 bridgehead atoms. The van der Waals surface area contributed by atoms with Crippen molar-refractivity contribution in [3.8, 4) is 0 Å². The highest BCUT2D eigenvalue weighted by molar-refractivity contribution is 6.30. The number of carbonyl (C=O) groups excluding carboxylic acids is 3. The summed E-state index contributed by atoms with van der Waals surface area (Å²) in [6, 6.07) is 6.83. The number of aliphatic hydroxyl groups is 1. The van der Waals surface area contributed by atoms with Gasteiger partial charge in [-0.25, -0.2) is 0 Å². The Morgan fingerprint density at radius 3 is 2.48 bits per heavy atom. The van der Waals surface area contributed by atoms with E-state index in [1.165, 1.54) is 4.90 Å². The third-order valence-corrected chi connectivity index (χ3v) is 5.81.